The number of aliphatic hydroxyl groups excluding tert-OH is 1. The Balaban J connectivity index is 1.72. The second-order valence-corrected chi connectivity index (χ2v) is 7.00. The van der Waals surface area contributed by atoms with Gasteiger partial charge in [-0.1, -0.05) is 60.7 Å². The molecule has 0 unspecified atom stereocenters. The van der Waals surface area contributed by atoms with Gasteiger partial charge in [-0.3, -0.25) is 0 Å². The highest BCUT2D eigenvalue weighted by molar-refractivity contribution is 5.70. The summed E-state index contributed by atoms with van der Waals surface area (Å²) < 4.78 is 5.64. The average Bonchev–Trinajstić information content (AvgIpc) is 2.83. The number of phenolic OH excluding ortho intramolecular Hbond substituents is 1. The van der Waals surface area contributed by atoms with E-state index in [1.165, 1.54) is 0 Å². The van der Waals surface area contributed by atoms with Crippen LogP contribution >= 0.6 is 0 Å². The van der Waals surface area contributed by atoms with Gasteiger partial charge in [-0.25, -0.2) is 15.0 Å². The highest BCUT2D eigenvalue weighted by Gasteiger charge is 2.15. The summed E-state index contributed by atoms with van der Waals surface area (Å²) in [5, 5.41) is 19.5. The lowest BCUT2D eigenvalue weighted by Gasteiger charge is -2.11. The number of aromatic nitrogens is 3. The van der Waals surface area contributed by atoms with E-state index in [4.69, 9.17) is 9.84 Å². The summed E-state index contributed by atoms with van der Waals surface area (Å²) in [6.45, 7) is 0.613. The molecular formula is C25H23N3O3. The first-order valence-electron chi connectivity index (χ1n) is 10.2. The van der Waals surface area contributed by atoms with Gasteiger partial charge in [-0.05, 0) is 25.0 Å². The summed E-state index contributed by atoms with van der Waals surface area (Å²) >= 11 is 0. The van der Waals surface area contributed by atoms with Crippen LogP contribution < -0.4 is 4.74 Å². The molecule has 0 radical (unpaired) electrons. The number of unbranched alkanes of at least 4 members (excludes halogenated alkanes) is 1. The summed E-state index contributed by atoms with van der Waals surface area (Å²) in [5.41, 5.74) is 2.23. The quantitative estimate of drug-likeness (QED) is 0.406. The van der Waals surface area contributed by atoms with Crippen LogP contribution in [0.2, 0.25) is 0 Å². The van der Waals surface area contributed by atoms with Crippen LogP contribution in [0, 0.1) is 0 Å². The van der Waals surface area contributed by atoms with Crippen molar-refractivity contribution in [2.75, 3.05) is 13.2 Å². The molecule has 3 aromatic carbocycles. The van der Waals surface area contributed by atoms with Crippen molar-refractivity contribution in [3.63, 3.8) is 0 Å². The van der Waals surface area contributed by atoms with Gasteiger partial charge in [-0.15, -0.1) is 0 Å². The molecule has 0 spiro atoms. The molecule has 0 aliphatic heterocycles. The van der Waals surface area contributed by atoms with Crippen LogP contribution in [-0.2, 0) is 0 Å². The fourth-order valence-electron chi connectivity index (χ4n) is 3.12. The van der Waals surface area contributed by atoms with Crippen molar-refractivity contribution in [1.82, 2.24) is 15.0 Å². The number of ether oxygens (including phenoxy) is 1. The van der Waals surface area contributed by atoms with Crippen LogP contribution in [0.3, 0.4) is 0 Å². The van der Waals surface area contributed by atoms with E-state index in [1.807, 2.05) is 60.7 Å². The molecule has 0 amide bonds. The largest absolute Gasteiger partial charge is 0.507 e. The lowest BCUT2D eigenvalue weighted by Crippen LogP contribution is -2.01. The van der Waals surface area contributed by atoms with Crippen LogP contribution in [0.5, 0.6) is 11.5 Å². The number of aromatic hydroxyl groups is 1. The zero-order valence-corrected chi connectivity index (χ0v) is 17.0. The third-order valence-corrected chi connectivity index (χ3v) is 4.73. The minimum absolute atomic E-state index is 0.0314. The van der Waals surface area contributed by atoms with Crippen LogP contribution in [0.4, 0.5) is 0 Å². The first-order chi connectivity index (χ1) is 15.2. The Kier molecular flexibility index (Phi) is 6.50. The molecule has 0 saturated heterocycles. The van der Waals surface area contributed by atoms with Crippen molar-refractivity contribution in [3.8, 4) is 45.7 Å². The molecule has 6 nitrogen and oxygen atoms in total. The maximum absolute atomic E-state index is 10.6. The minimum atomic E-state index is 0.0314. The van der Waals surface area contributed by atoms with Gasteiger partial charge in [0.15, 0.2) is 17.5 Å². The van der Waals surface area contributed by atoms with Gasteiger partial charge in [0.05, 0.1) is 12.2 Å². The van der Waals surface area contributed by atoms with Gasteiger partial charge in [-0.2, -0.15) is 0 Å². The van der Waals surface area contributed by atoms with E-state index in [2.05, 4.69) is 15.0 Å². The van der Waals surface area contributed by atoms with E-state index in [0.29, 0.717) is 41.8 Å². The maximum Gasteiger partial charge on any atom is 0.167 e. The Morgan fingerprint density at radius 3 is 1.81 bits per heavy atom. The molecule has 0 aliphatic carbocycles. The number of phenols is 1. The zero-order chi connectivity index (χ0) is 21.5. The Morgan fingerprint density at radius 2 is 1.26 bits per heavy atom. The van der Waals surface area contributed by atoms with Crippen molar-refractivity contribution in [2.45, 2.75) is 12.8 Å². The first kappa shape index (κ1) is 20.5. The zero-order valence-electron chi connectivity index (χ0n) is 17.0. The van der Waals surface area contributed by atoms with Gasteiger partial charge in [0.25, 0.3) is 0 Å². The third-order valence-electron chi connectivity index (χ3n) is 4.73. The molecule has 0 bridgehead atoms. The number of hydrogen-bond acceptors (Lipinski definition) is 6. The van der Waals surface area contributed by atoms with Gasteiger partial charge in [0.2, 0.25) is 0 Å². The summed E-state index contributed by atoms with van der Waals surface area (Å²) in [4.78, 5) is 13.9. The monoisotopic (exact) mass is 413 g/mol. The van der Waals surface area contributed by atoms with Crippen LogP contribution in [-0.4, -0.2) is 38.4 Å². The minimum Gasteiger partial charge on any atom is -0.507 e. The van der Waals surface area contributed by atoms with E-state index in [9.17, 15) is 5.11 Å². The number of nitrogens with zero attached hydrogens (tertiary/aromatic N) is 3. The van der Waals surface area contributed by atoms with E-state index >= 15 is 0 Å². The van der Waals surface area contributed by atoms with Crippen LogP contribution in [0.15, 0.2) is 78.9 Å². The lowest BCUT2D eigenvalue weighted by atomic mass is 10.1. The topological polar surface area (TPSA) is 88.4 Å². The van der Waals surface area contributed by atoms with Crippen molar-refractivity contribution in [2.24, 2.45) is 0 Å². The molecule has 6 heteroatoms. The van der Waals surface area contributed by atoms with Crippen LogP contribution in [0.25, 0.3) is 34.2 Å². The summed E-state index contributed by atoms with van der Waals surface area (Å²) in [7, 11) is 0. The van der Waals surface area contributed by atoms with E-state index in [0.717, 1.165) is 17.5 Å². The molecule has 4 rings (SSSR count). The van der Waals surface area contributed by atoms with Crippen molar-refractivity contribution in [3.05, 3.63) is 78.9 Å². The molecule has 0 atom stereocenters. The normalized spacial score (nSPS) is 10.7. The standard InChI is InChI=1S/C25H23N3O3/c29-15-7-8-16-31-20-13-14-21(22(30)17-20)25-27-23(18-9-3-1-4-10-18)26-24(28-25)19-11-5-2-6-12-19/h1-6,9-14,17,29-30H,7-8,15-16H2. The Bertz CT molecular complexity index is 1080. The highest BCUT2D eigenvalue weighted by Crippen LogP contribution is 2.32. The molecule has 156 valence electrons. The van der Waals surface area contributed by atoms with E-state index < -0.39 is 0 Å². The third kappa shape index (κ3) is 5.05. The second-order valence-electron chi connectivity index (χ2n) is 7.00. The number of hydrogen-bond donors (Lipinski definition) is 2. The molecule has 0 aliphatic rings. The fourth-order valence-corrected chi connectivity index (χ4v) is 3.12. The first-order valence-corrected chi connectivity index (χ1v) is 10.2. The predicted octanol–water partition coefficient (Wildman–Crippen LogP) is 4.73. The SMILES string of the molecule is OCCCCOc1ccc(-c2nc(-c3ccccc3)nc(-c3ccccc3)n2)c(O)c1. The molecule has 2 N–H and O–H groups in total. The smallest absolute Gasteiger partial charge is 0.167 e. The van der Waals surface area contributed by atoms with E-state index in [-0.39, 0.29) is 12.4 Å². The Morgan fingerprint density at radius 1 is 0.677 bits per heavy atom. The van der Waals surface area contributed by atoms with Gasteiger partial charge in [0.1, 0.15) is 11.5 Å². The van der Waals surface area contributed by atoms with Crippen molar-refractivity contribution in [1.29, 1.82) is 0 Å². The molecule has 31 heavy (non-hydrogen) atoms. The van der Waals surface area contributed by atoms with Crippen LogP contribution in [0.1, 0.15) is 12.8 Å². The number of aliphatic hydroxyl groups is 1. The number of rotatable bonds is 8. The lowest BCUT2D eigenvalue weighted by molar-refractivity contribution is 0.253. The molecule has 0 saturated carbocycles. The molecule has 4 aromatic rings. The number of benzene rings is 3. The van der Waals surface area contributed by atoms with E-state index in [1.54, 1.807) is 18.2 Å². The highest BCUT2D eigenvalue weighted by atomic mass is 16.5. The maximum atomic E-state index is 10.6. The molecule has 1 aromatic heterocycles. The van der Waals surface area contributed by atoms with Crippen molar-refractivity contribution >= 4 is 0 Å². The van der Waals surface area contributed by atoms with Crippen molar-refractivity contribution < 1.29 is 14.9 Å². The summed E-state index contributed by atoms with van der Waals surface area (Å²) in [6.07, 6.45) is 1.42. The molecule has 0 fully saturated rings. The molecule has 1 heterocycles. The average molecular weight is 413 g/mol. The fraction of sp³-hybridized carbons (Fsp3) is 0.160. The summed E-state index contributed by atoms with van der Waals surface area (Å²) in [5.74, 6) is 2.04. The Hall–Kier alpha value is -3.77. The molecular weight excluding hydrogens is 390 g/mol. The Labute approximate surface area is 180 Å². The second kappa shape index (κ2) is 9.82. The van der Waals surface area contributed by atoms with Gasteiger partial charge >= 0.3 is 0 Å². The predicted molar refractivity (Wildman–Crippen MR) is 120 cm³/mol. The van der Waals surface area contributed by atoms with Gasteiger partial charge < -0.3 is 14.9 Å². The van der Waals surface area contributed by atoms with Gasteiger partial charge in [0, 0.05) is 23.8 Å². The summed E-state index contributed by atoms with van der Waals surface area (Å²) in [6, 6.07) is 24.5.